The normalized spacial score (nSPS) is 20.6. The number of aromatic amines is 1. The minimum absolute atomic E-state index is 0.0952. The van der Waals surface area contributed by atoms with Crippen LogP contribution in [0, 0.1) is 10.8 Å². The number of H-pyrrole nitrogens is 1. The number of carbonyl (C=O) groups excluding carboxylic acids is 2. The van der Waals surface area contributed by atoms with Crippen LogP contribution in [-0.4, -0.2) is 47.5 Å². The van der Waals surface area contributed by atoms with Gasteiger partial charge in [-0.1, -0.05) is 13.8 Å². The summed E-state index contributed by atoms with van der Waals surface area (Å²) in [5.41, 5.74) is -1.19. The van der Waals surface area contributed by atoms with Crippen molar-refractivity contribution in [1.29, 1.82) is 0 Å². The molecule has 0 saturated carbocycles. The summed E-state index contributed by atoms with van der Waals surface area (Å²) >= 11 is 0. The zero-order valence-electron chi connectivity index (χ0n) is 15.5. The molecule has 1 aliphatic carbocycles. The van der Waals surface area contributed by atoms with Crippen LogP contribution in [-0.2, 0) is 16.0 Å². The maximum atomic E-state index is 12.5. The number of hydrogen-bond acceptors (Lipinski definition) is 5. The number of nitrogens with one attached hydrogen (secondary N) is 2. The molecule has 1 aliphatic heterocycles. The van der Waals surface area contributed by atoms with Crippen molar-refractivity contribution < 1.29 is 24.2 Å². The van der Waals surface area contributed by atoms with Crippen molar-refractivity contribution in [3.05, 3.63) is 33.2 Å². The van der Waals surface area contributed by atoms with Crippen molar-refractivity contribution in [2.75, 3.05) is 19.8 Å². The van der Waals surface area contributed by atoms with Gasteiger partial charge < -0.3 is 20.1 Å². The van der Waals surface area contributed by atoms with Gasteiger partial charge in [-0.05, 0) is 30.7 Å². The average Bonchev–Trinajstić information content (AvgIpc) is 2.58. The van der Waals surface area contributed by atoms with Gasteiger partial charge in [-0.3, -0.25) is 19.2 Å². The van der Waals surface area contributed by atoms with Crippen LogP contribution < -0.4 is 10.9 Å². The van der Waals surface area contributed by atoms with Gasteiger partial charge in [-0.2, -0.15) is 0 Å². The van der Waals surface area contributed by atoms with Crippen LogP contribution in [0.2, 0.25) is 0 Å². The van der Waals surface area contributed by atoms with Crippen molar-refractivity contribution in [3.8, 4) is 0 Å². The molecule has 8 nitrogen and oxygen atoms in total. The Hall–Kier alpha value is -2.48. The zero-order valence-corrected chi connectivity index (χ0v) is 15.5. The molecular weight excluding hydrogens is 352 g/mol. The first-order valence-electron chi connectivity index (χ1n) is 9.02. The first-order chi connectivity index (χ1) is 12.6. The number of aliphatic carboxylic acids is 1. The minimum Gasteiger partial charge on any atom is -0.481 e. The zero-order chi connectivity index (χ0) is 19.8. The molecule has 2 aliphatic rings. The molecule has 2 heterocycles. The summed E-state index contributed by atoms with van der Waals surface area (Å²) in [5.74, 6) is -1.79. The lowest BCUT2D eigenvalue weighted by molar-refractivity contribution is -0.154. The Labute approximate surface area is 156 Å². The Morgan fingerprint density at radius 1 is 1.22 bits per heavy atom. The van der Waals surface area contributed by atoms with E-state index < -0.39 is 22.9 Å². The molecule has 146 valence electrons. The van der Waals surface area contributed by atoms with Gasteiger partial charge in [0.15, 0.2) is 5.78 Å². The van der Waals surface area contributed by atoms with Crippen LogP contribution in [0.15, 0.2) is 10.9 Å². The Bertz CT molecular complexity index is 848. The van der Waals surface area contributed by atoms with Gasteiger partial charge in [0.25, 0.3) is 11.5 Å². The summed E-state index contributed by atoms with van der Waals surface area (Å²) in [6, 6.07) is 1.33. The van der Waals surface area contributed by atoms with E-state index in [1.165, 1.54) is 6.07 Å². The lowest BCUT2D eigenvalue weighted by atomic mass is 9.75. The summed E-state index contributed by atoms with van der Waals surface area (Å²) in [6.07, 6.45) is 1.47. The second kappa shape index (κ2) is 6.92. The van der Waals surface area contributed by atoms with Gasteiger partial charge in [-0.25, -0.2) is 0 Å². The maximum Gasteiger partial charge on any atom is 0.311 e. The number of carbonyl (C=O) groups is 3. The highest BCUT2D eigenvalue weighted by molar-refractivity contribution is 6.02. The van der Waals surface area contributed by atoms with Gasteiger partial charge in [0, 0.05) is 37.4 Å². The number of pyridine rings is 1. The number of ketones is 1. The molecule has 27 heavy (non-hydrogen) atoms. The standard InChI is InChI=1S/C19H24N2O6/c1-18(2)8-13-11(14(22)9-18)7-12(16(24)21-13)15(23)20-10-19(17(25)26)3-5-27-6-4-19/h7H,3-6,8-10H2,1-2H3,(H,20,23)(H,21,24)(H,25,26). The molecule has 0 atom stereocenters. The SMILES string of the molecule is CC1(C)CC(=O)c2cc(C(=O)NCC3(C(=O)O)CCOCC3)c(=O)[nH]c2C1. The summed E-state index contributed by atoms with van der Waals surface area (Å²) in [7, 11) is 0. The molecule has 1 saturated heterocycles. The molecule has 1 amide bonds. The third-order valence-electron chi connectivity index (χ3n) is 5.45. The molecule has 8 heteroatoms. The lowest BCUT2D eigenvalue weighted by Crippen LogP contribution is -2.47. The number of amides is 1. The van der Waals surface area contributed by atoms with Gasteiger partial charge >= 0.3 is 5.97 Å². The fraction of sp³-hybridized carbons (Fsp3) is 0.579. The molecule has 3 rings (SSSR count). The second-order valence-corrected chi connectivity index (χ2v) is 8.23. The first kappa shape index (κ1) is 19.3. The smallest absolute Gasteiger partial charge is 0.311 e. The van der Waals surface area contributed by atoms with Crippen molar-refractivity contribution in [3.63, 3.8) is 0 Å². The number of carboxylic acids is 1. The fourth-order valence-electron chi connectivity index (χ4n) is 3.77. The molecule has 3 N–H and O–H groups in total. The van der Waals surface area contributed by atoms with Crippen LogP contribution in [0.5, 0.6) is 0 Å². The Kier molecular flexibility index (Phi) is 4.94. The summed E-state index contributed by atoms with van der Waals surface area (Å²) < 4.78 is 5.21. The number of hydrogen-bond donors (Lipinski definition) is 3. The monoisotopic (exact) mass is 376 g/mol. The summed E-state index contributed by atoms with van der Waals surface area (Å²) in [6.45, 7) is 4.43. The van der Waals surface area contributed by atoms with Crippen LogP contribution >= 0.6 is 0 Å². The predicted molar refractivity (Wildman–Crippen MR) is 96.0 cm³/mol. The van der Waals surface area contributed by atoms with Crippen molar-refractivity contribution in [2.24, 2.45) is 10.8 Å². The molecule has 1 fully saturated rings. The van der Waals surface area contributed by atoms with Crippen LogP contribution in [0.3, 0.4) is 0 Å². The van der Waals surface area contributed by atoms with Gasteiger partial charge in [0.1, 0.15) is 5.56 Å². The predicted octanol–water partition coefficient (Wildman–Crippen LogP) is 1.14. The highest BCUT2D eigenvalue weighted by atomic mass is 16.5. The van der Waals surface area contributed by atoms with E-state index in [4.69, 9.17) is 4.74 Å². The van der Waals surface area contributed by atoms with E-state index in [0.29, 0.717) is 37.3 Å². The minimum atomic E-state index is -1.10. The fourth-order valence-corrected chi connectivity index (χ4v) is 3.77. The Morgan fingerprint density at radius 2 is 1.89 bits per heavy atom. The molecule has 0 aromatic carbocycles. The van der Waals surface area contributed by atoms with Crippen LogP contribution in [0.1, 0.15) is 59.5 Å². The van der Waals surface area contributed by atoms with E-state index in [0.717, 1.165) is 0 Å². The van der Waals surface area contributed by atoms with Crippen molar-refractivity contribution >= 4 is 17.7 Å². The maximum absolute atomic E-state index is 12.5. The lowest BCUT2D eigenvalue weighted by Gasteiger charge is -2.33. The topological polar surface area (TPSA) is 126 Å². The Morgan fingerprint density at radius 3 is 2.52 bits per heavy atom. The molecule has 1 aromatic heterocycles. The number of Topliss-reactive ketones (excluding diaryl/α,β-unsaturated/α-hetero) is 1. The molecule has 0 spiro atoms. The van der Waals surface area contributed by atoms with Crippen molar-refractivity contribution in [2.45, 2.75) is 39.5 Å². The van der Waals surface area contributed by atoms with E-state index in [9.17, 15) is 24.3 Å². The molecule has 0 bridgehead atoms. The largest absolute Gasteiger partial charge is 0.481 e. The van der Waals surface area contributed by atoms with E-state index >= 15 is 0 Å². The second-order valence-electron chi connectivity index (χ2n) is 8.23. The van der Waals surface area contributed by atoms with E-state index in [1.807, 2.05) is 13.8 Å². The number of aromatic nitrogens is 1. The number of rotatable bonds is 4. The Balaban J connectivity index is 1.81. The third-order valence-corrected chi connectivity index (χ3v) is 5.45. The average molecular weight is 376 g/mol. The van der Waals surface area contributed by atoms with E-state index in [2.05, 4.69) is 10.3 Å². The van der Waals surface area contributed by atoms with Crippen LogP contribution in [0.25, 0.3) is 0 Å². The van der Waals surface area contributed by atoms with Gasteiger partial charge in [0.05, 0.1) is 5.41 Å². The number of fused-ring (bicyclic) bond motifs is 1. The molecular formula is C19H24N2O6. The van der Waals surface area contributed by atoms with Crippen molar-refractivity contribution in [1.82, 2.24) is 10.3 Å². The van der Waals surface area contributed by atoms with Gasteiger partial charge in [0.2, 0.25) is 0 Å². The summed E-state index contributed by atoms with van der Waals surface area (Å²) in [5, 5.41) is 12.1. The van der Waals surface area contributed by atoms with E-state index in [1.54, 1.807) is 0 Å². The van der Waals surface area contributed by atoms with Crippen LogP contribution in [0.4, 0.5) is 0 Å². The first-order valence-corrected chi connectivity index (χ1v) is 9.02. The number of carboxylic acid groups (broad SMARTS) is 1. The summed E-state index contributed by atoms with van der Waals surface area (Å²) in [4.78, 5) is 51.6. The van der Waals surface area contributed by atoms with E-state index in [-0.39, 0.29) is 36.1 Å². The molecule has 0 radical (unpaired) electrons. The third kappa shape index (κ3) is 3.80. The highest BCUT2D eigenvalue weighted by Gasteiger charge is 2.41. The highest BCUT2D eigenvalue weighted by Crippen LogP contribution is 2.33. The molecule has 0 unspecified atom stereocenters. The quantitative estimate of drug-likeness (QED) is 0.724. The molecule has 1 aromatic rings. The van der Waals surface area contributed by atoms with Gasteiger partial charge in [-0.15, -0.1) is 0 Å². The number of ether oxygens (including phenoxy) is 1.